The smallest absolute Gasteiger partial charge is 0.247 e. The van der Waals surface area contributed by atoms with Crippen LogP contribution in [0.15, 0.2) is 100 Å². The quantitative estimate of drug-likeness (QED) is 0.237. The number of hydrogen-bond acceptors (Lipinski definition) is 6. The normalized spacial score (nSPS) is 10.7. The molecule has 5 aromatic rings. The van der Waals surface area contributed by atoms with Gasteiger partial charge in [0.1, 0.15) is 11.1 Å². The van der Waals surface area contributed by atoms with Gasteiger partial charge in [-0.2, -0.15) is 5.26 Å². The summed E-state index contributed by atoms with van der Waals surface area (Å²) in [5, 5.41) is 19.6. The molecule has 0 atom stereocenters. The lowest BCUT2D eigenvalue weighted by Crippen LogP contribution is -1.96. The van der Waals surface area contributed by atoms with Crippen LogP contribution in [-0.2, 0) is 5.75 Å². The van der Waals surface area contributed by atoms with Gasteiger partial charge in [0.25, 0.3) is 0 Å². The van der Waals surface area contributed by atoms with E-state index in [1.165, 1.54) is 11.8 Å². The topological polar surface area (TPSA) is 75.6 Å². The molecule has 0 aliphatic carbocycles. The second-order valence-electron chi connectivity index (χ2n) is 7.38. The van der Waals surface area contributed by atoms with Gasteiger partial charge in [0.2, 0.25) is 11.8 Å². The van der Waals surface area contributed by atoms with Crippen LogP contribution in [0.25, 0.3) is 33.8 Å². The fourth-order valence-electron chi connectivity index (χ4n) is 3.49. The first-order valence-corrected chi connectivity index (χ1v) is 11.8. The second kappa shape index (κ2) is 9.92. The molecule has 0 spiro atoms. The van der Waals surface area contributed by atoms with E-state index in [2.05, 4.69) is 16.3 Å². The van der Waals surface area contributed by atoms with E-state index in [0.29, 0.717) is 33.1 Å². The third kappa shape index (κ3) is 4.72. The molecule has 0 saturated heterocycles. The fraction of sp³-hybridized carbons (Fsp3) is 0.0370. The van der Waals surface area contributed by atoms with Crippen LogP contribution < -0.4 is 0 Å². The van der Waals surface area contributed by atoms with Crippen molar-refractivity contribution in [2.45, 2.75) is 10.8 Å². The van der Waals surface area contributed by atoms with Crippen LogP contribution in [0.3, 0.4) is 0 Å². The Hall–Kier alpha value is -3.92. The first-order valence-electron chi connectivity index (χ1n) is 10.5. The summed E-state index contributed by atoms with van der Waals surface area (Å²) in [5.41, 5.74) is 4.90. The average Bonchev–Trinajstić information content (AvgIpc) is 3.37. The molecule has 3 aromatic carbocycles. The fourth-order valence-corrected chi connectivity index (χ4v) is 4.45. The zero-order chi connectivity index (χ0) is 23.3. The predicted molar refractivity (Wildman–Crippen MR) is 134 cm³/mol. The van der Waals surface area contributed by atoms with Gasteiger partial charge < -0.3 is 4.42 Å². The standard InChI is InChI=1S/C27H17ClN4OS/c28-21-13-11-20(12-14-21)26-32-31-25(33-26)17-34-27-23(16-29)22(18-7-3-1-4-8-18)15-24(30-27)19-9-5-2-6-10-19/h1-15H,17H2. The van der Waals surface area contributed by atoms with Gasteiger partial charge in [-0.1, -0.05) is 84.0 Å². The summed E-state index contributed by atoms with van der Waals surface area (Å²) in [7, 11) is 0. The van der Waals surface area contributed by atoms with Crippen molar-refractivity contribution in [2.75, 3.05) is 0 Å². The Morgan fingerprint density at radius 3 is 2.18 bits per heavy atom. The minimum Gasteiger partial charge on any atom is -0.420 e. The molecule has 0 amide bonds. The highest BCUT2D eigenvalue weighted by atomic mass is 35.5. The Labute approximate surface area is 206 Å². The van der Waals surface area contributed by atoms with E-state index in [9.17, 15) is 5.26 Å². The number of benzene rings is 3. The largest absolute Gasteiger partial charge is 0.420 e. The van der Waals surface area contributed by atoms with E-state index in [4.69, 9.17) is 21.0 Å². The summed E-state index contributed by atoms with van der Waals surface area (Å²) in [6.45, 7) is 0. The Kier molecular flexibility index (Phi) is 6.39. The SMILES string of the molecule is N#Cc1c(-c2ccccc2)cc(-c2ccccc2)nc1SCc1nnc(-c2ccc(Cl)cc2)o1. The summed E-state index contributed by atoms with van der Waals surface area (Å²) < 4.78 is 5.84. The Morgan fingerprint density at radius 1 is 0.824 bits per heavy atom. The van der Waals surface area contributed by atoms with E-state index in [1.54, 1.807) is 12.1 Å². The van der Waals surface area contributed by atoms with E-state index in [0.717, 1.165) is 27.9 Å². The van der Waals surface area contributed by atoms with Crippen LogP contribution in [-0.4, -0.2) is 15.2 Å². The Morgan fingerprint density at radius 2 is 1.50 bits per heavy atom. The van der Waals surface area contributed by atoms with Crippen molar-refractivity contribution in [3.05, 3.63) is 107 Å². The summed E-state index contributed by atoms with van der Waals surface area (Å²) in [6.07, 6.45) is 0. The number of halogens is 1. The molecule has 0 aliphatic heterocycles. The van der Waals surface area contributed by atoms with Gasteiger partial charge in [0.05, 0.1) is 17.0 Å². The monoisotopic (exact) mass is 480 g/mol. The lowest BCUT2D eigenvalue weighted by molar-refractivity contribution is 0.528. The van der Waals surface area contributed by atoms with Crippen LogP contribution in [0.5, 0.6) is 0 Å². The van der Waals surface area contributed by atoms with Gasteiger partial charge in [0.15, 0.2) is 0 Å². The highest BCUT2D eigenvalue weighted by Gasteiger charge is 2.17. The summed E-state index contributed by atoms with van der Waals surface area (Å²) in [6, 6.07) is 31.3. The second-order valence-corrected chi connectivity index (χ2v) is 8.78. The number of nitrogens with zero attached hydrogens (tertiary/aromatic N) is 4. The number of hydrogen-bond donors (Lipinski definition) is 0. The minimum absolute atomic E-state index is 0.384. The molecular formula is C27H17ClN4OS. The van der Waals surface area contributed by atoms with Crippen molar-refractivity contribution >= 4 is 23.4 Å². The van der Waals surface area contributed by atoms with E-state index in [-0.39, 0.29) is 0 Å². The molecule has 2 aromatic heterocycles. The van der Waals surface area contributed by atoms with Crippen molar-refractivity contribution in [2.24, 2.45) is 0 Å². The minimum atomic E-state index is 0.384. The van der Waals surface area contributed by atoms with E-state index >= 15 is 0 Å². The van der Waals surface area contributed by atoms with Gasteiger partial charge >= 0.3 is 0 Å². The first-order chi connectivity index (χ1) is 16.7. The van der Waals surface area contributed by atoms with Gasteiger partial charge in [-0.15, -0.1) is 10.2 Å². The summed E-state index contributed by atoms with van der Waals surface area (Å²) >= 11 is 7.36. The number of thioether (sulfide) groups is 1. The van der Waals surface area contributed by atoms with Crippen LogP contribution in [0.4, 0.5) is 0 Å². The molecule has 164 valence electrons. The Bertz CT molecular complexity index is 1460. The molecule has 0 N–H and O–H groups in total. The van der Waals surface area contributed by atoms with Gasteiger partial charge in [-0.3, -0.25) is 0 Å². The molecule has 0 bridgehead atoms. The first kappa shape index (κ1) is 21.9. The molecule has 0 unspecified atom stereocenters. The molecule has 34 heavy (non-hydrogen) atoms. The summed E-state index contributed by atoms with van der Waals surface area (Å²) in [5.74, 6) is 1.25. The molecule has 0 fully saturated rings. The van der Waals surface area contributed by atoms with Gasteiger partial charge in [0, 0.05) is 21.7 Å². The lowest BCUT2D eigenvalue weighted by Gasteiger charge is -2.12. The lowest BCUT2D eigenvalue weighted by atomic mass is 9.99. The van der Waals surface area contributed by atoms with E-state index in [1.807, 2.05) is 78.9 Å². The molecule has 0 saturated carbocycles. The van der Waals surface area contributed by atoms with Crippen molar-refractivity contribution in [3.8, 4) is 39.9 Å². The Balaban J connectivity index is 1.49. The molecule has 5 nitrogen and oxygen atoms in total. The molecule has 7 heteroatoms. The van der Waals surface area contributed by atoms with Crippen molar-refractivity contribution in [3.63, 3.8) is 0 Å². The van der Waals surface area contributed by atoms with Gasteiger partial charge in [-0.05, 0) is 35.9 Å². The number of pyridine rings is 1. The predicted octanol–water partition coefficient (Wildman–Crippen LogP) is 7.28. The zero-order valence-electron chi connectivity index (χ0n) is 17.9. The third-order valence-corrected chi connectivity index (χ3v) is 6.35. The van der Waals surface area contributed by atoms with Crippen LogP contribution >= 0.6 is 23.4 Å². The molecule has 0 radical (unpaired) electrons. The highest BCUT2D eigenvalue weighted by molar-refractivity contribution is 7.98. The summed E-state index contributed by atoms with van der Waals surface area (Å²) in [4.78, 5) is 4.83. The number of rotatable bonds is 6. The third-order valence-electron chi connectivity index (χ3n) is 5.14. The van der Waals surface area contributed by atoms with Crippen LogP contribution in [0, 0.1) is 11.3 Å². The van der Waals surface area contributed by atoms with Crippen molar-refractivity contribution in [1.82, 2.24) is 15.2 Å². The maximum absolute atomic E-state index is 10.0. The molecule has 5 rings (SSSR count). The molecular weight excluding hydrogens is 464 g/mol. The highest BCUT2D eigenvalue weighted by Crippen LogP contribution is 2.35. The molecule has 0 aliphatic rings. The van der Waals surface area contributed by atoms with E-state index < -0.39 is 0 Å². The number of aromatic nitrogens is 3. The number of nitriles is 1. The van der Waals surface area contributed by atoms with Gasteiger partial charge in [-0.25, -0.2) is 4.98 Å². The molecule has 2 heterocycles. The van der Waals surface area contributed by atoms with Crippen molar-refractivity contribution in [1.29, 1.82) is 5.26 Å². The average molecular weight is 481 g/mol. The maximum Gasteiger partial charge on any atom is 0.247 e. The maximum atomic E-state index is 10.0. The zero-order valence-corrected chi connectivity index (χ0v) is 19.4. The van der Waals surface area contributed by atoms with Crippen LogP contribution in [0.2, 0.25) is 5.02 Å². The van der Waals surface area contributed by atoms with Crippen LogP contribution in [0.1, 0.15) is 11.5 Å². The van der Waals surface area contributed by atoms with Crippen molar-refractivity contribution < 1.29 is 4.42 Å².